The van der Waals surface area contributed by atoms with Gasteiger partial charge < -0.3 is 19.5 Å². The second kappa shape index (κ2) is 8.89. The minimum absolute atomic E-state index is 0.00314. The molecule has 1 aromatic carbocycles. The molecule has 2 amide bonds. The number of rotatable bonds is 4. The summed E-state index contributed by atoms with van der Waals surface area (Å²) in [6.45, 7) is 3.61. The number of hydrogen-bond donors (Lipinski definition) is 1. The Labute approximate surface area is 190 Å². The normalized spacial score (nSPS) is 27.2. The quantitative estimate of drug-likeness (QED) is 0.777. The van der Waals surface area contributed by atoms with Crippen molar-refractivity contribution in [3.8, 4) is 0 Å². The molecule has 3 aliphatic rings. The summed E-state index contributed by atoms with van der Waals surface area (Å²) in [5.74, 6) is -0.101. The van der Waals surface area contributed by atoms with Crippen LogP contribution in [0.1, 0.15) is 75.2 Å². The highest BCUT2D eigenvalue weighted by molar-refractivity contribution is 6.03. The molecule has 0 radical (unpaired) electrons. The van der Waals surface area contributed by atoms with Crippen molar-refractivity contribution in [1.29, 1.82) is 0 Å². The van der Waals surface area contributed by atoms with Crippen molar-refractivity contribution in [2.24, 2.45) is 0 Å². The van der Waals surface area contributed by atoms with Crippen LogP contribution in [0, 0.1) is 0 Å². The van der Waals surface area contributed by atoms with E-state index < -0.39 is 5.54 Å². The van der Waals surface area contributed by atoms with Gasteiger partial charge in [0.1, 0.15) is 11.2 Å². The van der Waals surface area contributed by atoms with Crippen LogP contribution in [0.15, 0.2) is 30.3 Å². The third kappa shape index (κ3) is 3.94. The standard InChI is InChI=1S/C26H35N3O3/c1-26(25(31)27-20-11-5-3-2-4-6-12-20)18-28-22-14-8-7-10-19(22)16-23(28)24(30)29(26)17-21-13-9-15-32-21/h7-8,10,14,16,20-21H,2-6,9,11-13,15,17-18H2,1H3,(H,27,31)/t21-,26-/m1/s1. The largest absolute Gasteiger partial charge is 0.376 e. The van der Waals surface area contributed by atoms with E-state index in [1.165, 1.54) is 19.3 Å². The van der Waals surface area contributed by atoms with E-state index in [2.05, 4.69) is 5.32 Å². The topological polar surface area (TPSA) is 63.6 Å². The second-order valence-electron chi connectivity index (χ2n) is 10.0. The molecule has 2 atom stereocenters. The number of amides is 2. The number of benzene rings is 1. The van der Waals surface area contributed by atoms with Crippen molar-refractivity contribution in [2.45, 2.75) is 88.9 Å². The predicted molar refractivity (Wildman–Crippen MR) is 125 cm³/mol. The molecule has 1 saturated carbocycles. The summed E-state index contributed by atoms with van der Waals surface area (Å²) in [5, 5.41) is 4.40. The molecule has 6 nitrogen and oxygen atoms in total. The van der Waals surface area contributed by atoms with Crippen LogP contribution in [-0.4, -0.2) is 52.1 Å². The summed E-state index contributed by atoms with van der Waals surface area (Å²) >= 11 is 0. The number of aromatic nitrogens is 1. The lowest BCUT2D eigenvalue weighted by Crippen LogP contribution is -2.66. The van der Waals surface area contributed by atoms with Crippen LogP contribution < -0.4 is 5.32 Å². The fourth-order valence-corrected chi connectivity index (χ4v) is 5.73. The van der Waals surface area contributed by atoms with E-state index in [0.717, 1.165) is 56.0 Å². The van der Waals surface area contributed by atoms with Crippen LogP contribution in [0.25, 0.3) is 10.9 Å². The Hall–Kier alpha value is -2.34. The van der Waals surface area contributed by atoms with Gasteiger partial charge in [-0.25, -0.2) is 0 Å². The van der Waals surface area contributed by atoms with Crippen LogP contribution in [0.2, 0.25) is 0 Å². The van der Waals surface area contributed by atoms with E-state index in [1.807, 2.05) is 41.8 Å². The van der Waals surface area contributed by atoms with Gasteiger partial charge in [-0.2, -0.15) is 0 Å². The first-order valence-electron chi connectivity index (χ1n) is 12.4. The van der Waals surface area contributed by atoms with E-state index in [-0.39, 0.29) is 24.0 Å². The third-order valence-electron chi connectivity index (χ3n) is 7.68. The zero-order valence-corrected chi connectivity index (χ0v) is 19.1. The SMILES string of the molecule is C[C@]1(C(=O)NC2CCCCCCC2)Cn2c(cc3ccccc32)C(=O)N1C[C@H]1CCCO1. The predicted octanol–water partition coefficient (Wildman–Crippen LogP) is 4.26. The summed E-state index contributed by atoms with van der Waals surface area (Å²) in [4.78, 5) is 29.4. The van der Waals surface area contributed by atoms with Crippen LogP contribution >= 0.6 is 0 Å². The highest BCUT2D eigenvalue weighted by atomic mass is 16.5. The summed E-state index contributed by atoms with van der Waals surface area (Å²) in [6.07, 6.45) is 10.1. The molecule has 1 aromatic heterocycles. The fraction of sp³-hybridized carbons (Fsp3) is 0.615. The zero-order valence-electron chi connectivity index (χ0n) is 19.1. The minimum atomic E-state index is -0.944. The number of fused-ring (bicyclic) bond motifs is 3. The molecule has 1 aliphatic carbocycles. The molecule has 5 rings (SSSR count). The molecule has 172 valence electrons. The summed E-state index contributed by atoms with van der Waals surface area (Å²) in [6, 6.07) is 10.2. The first-order valence-corrected chi connectivity index (χ1v) is 12.4. The zero-order chi connectivity index (χ0) is 22.1. The molecule has 1 N–H and O–H groups in total. The molecule has 2 aromatic rings. The van der Waals surface area contributed by atoms with Gasteiger partial charge in [-0.1, -0.05) is 50.3 Å². The Morgan fingerprint density at radius 1 is 1.09 bits per heavy atom. The lowest BCUT2D eigenvalue weighted by molar-refractivity contribution is -0.134. The summed E-state index contributed by atoms with van der Waals surface area (Å²) in [7, 11) is 0. The molecule has 6 heteroatoms. The molecule has 32 heavy (non-hydrogen) atoms. The molecule has 3 heterocycles. The van der Waals surface area contributed by atoms with E-state index in [9.17, 15) is 9.59 Å². The third-order valence-corrected chi connectivity index (χ3v) is 7.68. The Morgan fingerprint density at radius 3 is 2.59 bits per heavy atom. The first-order chi connectivity index (χ1) is 15.6. The monoisotopic (exact) mass is 437 g/mol. The van der Waals surface area contributed by atoms with Crippen LogP contribution in [0.4, 0.5) is 0 Å². The number of nitrogens with zero attached hydrogens (tertiary/aromatic N) is 2. The fourth-order valence-electron chi connectivity index (χ4n) is 5.73. The van der Waals surface area contributed by atoms with Gasteiger partial charge in [0.15, 0.2) is 0 Å². The van der Waals surface area contributed by atoms with Gasteiger partial charge in [0.05, 0.1) is 12.6 Å². The van der Waals surface area contributed by atoms with E-state index >= 15 is 0 Å². The maximum Gasteiger partial charge on any atom is 0.271 e. The first kappa shape index (κ1) is 21.5. The van der Waals surface area contributed by atoms with Gasteiger partial charge >= 0.3 is 0 Å². The van der Waals surface area contributed by atoms with Gasteiger partial charge in [0.25, 0.3) is 5.91 Å². The number of nitrogens with one attached hydrogen (secondary N) is 1. The number of carbonyl (C=O) groups excluding carboxylic acids is 2. The second-order valence-corrected chi connectivity index (χ2v) is 10.0. The molecule has 0 bridgehead atoms. The van der Waals surface area contributed by atoms with E-state index in [4.69, 9.17) is 4.74 Å². The Morgan fingerprint density at radius 2 is 1.84 bits per heavy atom. The molecular weight excluding hydrogens is 402 g/mol. The van der Waals surface area contributed by atoms with Crippen molar-refractivity contribution in [3.05, 3.63) is 36.0 Å². The van der Waals surface area contributed by atoms with Crippen molar-refractivity contribution in [3.63, 3.8) is 0 Å². The molecule has 2 fully saturated rings. The van der Waals surface area contributed by atoms with Gasteiger partial charge in [-0.15, -0.1) is 0 Å². The van der Waals surface area contributed by atoms with Crippen molar-refractivity contribution < 1.29 is 14.3 Å². The average molecular weight is 438 g/mol. The minimum Gasteiger partial charge on any atom is -0.376 e. The van der Waals surface area contributed by atoms with E-state index in [0.29, 0.717) is 18.8 Å². The van der Waals surface area contributed by atoms with Crippen molar-refractivity contribution in [1.82, 2.24) is 14.8 Å². The molecule has 1 saturated heterocycles. The average Bonchev–Trinajstić information content (AvgIpc) is 3.41. The Bertz CT molecular complexity index is 985. The Balaban J connectivity index is 1.47. The van der Waals surface area contributed by atoms with E-state index in [1.54, 1.807) is 4.90 Å². The lowest BCUT2D eigenvalue weighted by Gasteiger charge is -2.45. The highest BCUT2D eigenvalue weighted by Gasteiger charge is 2.49. The number of carbonyl (C=O) groups is 2. The summed E-state index contributed by atoms with van der Waals surface area (Å²) < 4.78 is 7.92. The molecule has 0 spiro atoms. The number of para-hydroxylation sites is 1. The Kier molecular flexibility index (Phi) is 5.97. The highest BCUT2D eigenvalue weighted by Crippen LogP contribution is 2.34. The molecular formula is C26H35N3O3. The van der Waals surface area contributed by atoms with Gasteiger partial charge in [0.2, 0.25) is 5.91 Å². The maximum atomic E-state index is 13.8. The number of hydrogen-bond acceptors (Lipinski definition) is 3. The van der Waals surface area contributed by atoms with Crippen LogP contribution in [0.3, 0.4) is 0 Å². The van der Waals surface area contributed by atoms with Crippen molar-refractivity contribution >= 4 is 22.7 Å². The summed E-state index contributed by atoms with van der Waals surface area (Å²) in [5.41, 5.74) is 0.734. The van der Waals surface area contributed by atoms with Gasteiger partial charge in [-0.3, -0.25) is 9.59 Å². The molecule has 2 aliphatic heterocycles. The van der Waals surface area contributed by atoms with Crippen molar-refractivity contribution in [2.75, 3.05) is 13.2 Å². The number of ether oxygens (including phenoxy) is 1. The van der Waals surface area contributed by atoms with Crippen LogP contribution in [-0.2, 0) is 16.1 Å². The molecule has 0 unspecified atom stereocenters. The smallest absolute Gasteiger partial charge is 0.271 e. The lowest BCUT2D eigenvalue weighted by atomic mass is 9.91. The van der Waals surface area contributed by atoms with Crippen LogP contribution in [0.5, 0.6) is 0 Å². The maximum absolute atomic E-state index is 13.8. The van der Waals surface area contributed by atoms with Gasteiger partial charge in [-0.05, 0) is 44.7 Å². The van der Waals surface area contributed by atoms with Gasteiger partial charge in [0, 0.05) is 30.1 Å².